The molecule has 0 fully saturated rings. The van der Waals surface area contributed by atoms with Gasteiger partial charge in [0.1, 0.15) is 11.6 Å². The summed E-state index contributed by atoms with van der Waals surface area (Å²) in [4.78, 5) is 8.90. The van der Waals surface area contributed by atoms with Crippen molar-refractivity contribution in [3.63, 3.8) is 0 Å². The molecule has 0 spiro atoms. The molecule has 3 nitrogen and oxygen atoms in total. The van der Waals surface area contributed by atoms with E-state index in [0.717, 1.165) is 10.0 Å². The topological polar surface area (TPSA) is 37.8 Å². The summed E-state index contributed by atoms with van der Waals surface area (Å²) in [6.07, 6.45) is 0. The van der Waals surface area contributed by atoms with E-state index in [4.69, 9.17) is 11.6 Å². The maximum Gasteiger partial charge on any atom is 0.163 e. The number of aromatic nitrogens is 2. The van der Waals surface area contributed by atoms with Crippen LogP contribution in [0.15, 0.2) is 40.9 Å². The number of halogens is 3. The van der Waals surface area contributed by atoms with Gasteiger partial charge in [0.25, 0.3) is 0 Å². The van der Waals surface area contributed by atoms with Crippen molar-refractivity contribution in [3.05, 3.63) is 51.7 Å². The summed E-state index contributed by atoms with van der Waals surface area (Å²) < 4.78 is 14.3. The predicted molar refractivity (Wildman–Crippen MR) is 87.2 cm³/mol. The molecule has 0 unspecified atom stereocenters. The van der Waals surface area contributed by atoms with Crippen molar-refractivity contribution in [1.29, 1.82) is 0 Å². The van der Waals surface area contributed by atoms with Crippen LogP contribution in [0.3, 0.4) is 0 Å². The maximum absolute atomic E-state index is 13.4. The third-order valence-corrected chi connectivity index (χ3v) is 3.87. The van der Waals surface area contributed by atoms with Crippen molar-refractivity contribution >= 4 is 44.3 Å². The third-order valence-electron chi connectivity index (χ3n) is 3.07. The molecule has 0 radical (unpaired) electrons. The predicted octanol–water partition coefficient (Wildman–Crippen LogP) is 4.89. The monoisotopic (exact) mass is 365 g/mol. The lowest BCUT2D eigenvalue weighted by atomic mass is 10.1. The van der Waals surface area contributed by atoms with Crippen LogP contribution in [0.5, 0.6) is 0 Å². The summed E-state index contributed by atoms with van der Waals surface area (Å²) in [7, 11) is 1.74. The summed E-state index contributed by atoms with van der Waals surface area (Å²) in [5, 5.41) is 4.15. The van der Waals surface area contributed by atoms with Crippen molar-refractivity contribution < 1.29 is 4.39 Å². The summed E-state index contributed by atoms with van der Waals surface area (Å²) >= 11 is 9.61. The molecule has 0 amide bonds. The molecule has 106 valence electrons. The first-order chi connectivity index (χ1) is 10.1. The minimum Gasteiger partial charge on any atom is -0.373 e. The van der Waals surface area contributed by atoms with Gasteiger partial charge in [-0.25, -0.2) is 14.4 Å². The van der Waals surface area contributed by atoms with E-state index in [9.17, 15) is 4.39 Å². The number of benzene rings is 2. The van der Waals surface area contributed by atoms with E-state index < -0.39 is 0 Å². The fourth-order valence-electron chi connectivity index (χ4n) is 2.08. The Bertz CT molecular complexity index is 839. The smallest absolute Gasteiger partial charge is 0.163 e. The molecule has 3 rings (SSSR count). The van der Waals surface area contributed by atoms with E-state index in [-0.39, 0.29) is 5.82 Å². The first-order valence-corrected chi connectivity index (χ1v) is 7.36. The summed E-state index contributed by atoms with van der Waals surface area (Å²) in [5.74, 6) is 0.737. The van der Waals surface area contributed by atoms with Crippen molar-refractivity contribution in [1.82, 2.24) is 9.97 Å². The second-order valence-electron chi connectivity index (χ2n) is 4.43. The molecule has 6 heteroatoms. The Morgan fingerprint density at radius 3 is 2.67 bits per heavy atom. The largest absolute Gasteiger partial charge is 0.373 e. The van der Waals surface area contributed by atoms with Gasteiger partial charge in [0.05, 0.1) is 10.5 Å². The minimum absolute atomic E-state index is 0.322. The van der Waals surface area contributed by atoms with E-state index in [1.54, 1.807) is 19.2 Å². The van der Waals surface area contributed by atoms with Gasteiger partial charge >= 0.3 is 0 Å². The SMILES string of the molecule is CNc1nc(-c2ccc(Br)cc2Cl)nc2ccc(F)cc12. The van der Waals surface area contributed by atoms with Crippen molar-refractivity contribution in [2.45, 2.75) is 0 Å². The zero-order chi connectivity index (χ0) is 15.0. The third kappa shape index (κ3) is 2.71. The van der Waals surface area contributed by atoms with E-state index in [0.29, 0.717) is 27.6 Å². The van der Waals surface area contributed by atoms with Gasteiger partial charge in [-0.05, 0) is 36.4 Å². The molecular formula is C15H10BrClFN3. The molecular weight excluding hydrogens is 357 g/mol. The van der Waals surface area contributed by atoms with Crippen molar-refractivity contribution in [3.8, 4) is 11.4 Å². The van der Waals surface area contributed by atoms with Crippen LogP contribution >= 0.6 is 27.5 Å². The lowest BCUT2D eigenvalue weighted by Crippen LogP contribution is -1.99. The first kappa shape index (κ1) is 14.2. The maximum atomic E-state index is 13.4. The fraction of sp³-hybridized carbons (Fsp3) is 0.0667. The minimum atomic E-state index is -0.322. The number of nitrogens with zero attached hydrogens (tertiary/aromatic N) is 2. The van der Waals surface area contributed by atoms with Crippen LogP contribution in [-0.4, -0.2) is 17.0 Å². The second-order valence-corrected chi connectivity index (χ2v) is 5.75. The number of anilines is 1. The zero-order valence-electron chi connectivity index (χ0n) is 11.0. The Balaban J connectivity index is 2.26. The molecule has 0 aliphatic carbocycles. The second kappa shape index (κ2) is 5.58. The van der Waals surface area contributed by atoms with E-state index in [1.807, 2.05) is 12.1 Å². The number of hydrogen-bond donors (Lipinski definition) is 1. The molecule has 1 N–H and O–H groups in total. The van der Waals surface area contributed by atoms with Crippen LogP contribution in [0.1, 0.15) is 0 Å². The van der Waals surface area contributed by atoms with Gasteiger partial charge < -0.3 is 5.32 Å². The van der Waals surface area contributed by atoms with Crippen LogP contribution in [0.25, 0.3) is 22.3 Å². The average molecular weight is 367 g/mol. The fourth-order valence-corrected chi connectivity index (χ4v) is 2.84. The zero-order valence-corrected chi connectivity index (χ0v) is 13.3. The highest BCUT2D eigenvalue weighted by Crippen LogP contribution is 2.31. The quantitative estimate of drug-likeness (QED) is 0.701. The molecule has 21 heavy (non-hydrogen) atoms. The molecule has 0 saturated heterocycles. The van der Waals surface area contributed by atoms with Crippen molar-refractivity contribution in [2.24, 2.45) is 0 Å². The summed E-state index contributed by atoms with van der Waals surface area (Å²) in [5.41, 5.74) is 1.38. The van der Waals surface area contributed by atoms with Crippen LogP contribution in [0.2, 0.25) is 5.02 Å². The van der Waals surface area contributed by atoms with Gasteiger partial charge in [0.15, 0.2) is 5.82 Å². The molecule has 0 aliphatic heterocycles. The Kier molecular flexibility index (Phi) is 3.78. The van der Waals surface area contributed by atoms with Crippen LogP contribution in [-0.2, 0) is 0 Å². The van der Waals surface area contributed by atoms with Gasteiger partial charge in [-0.15, -0.1) is 0 Å². The number of fused-ring (bicyclic) bond motifs is 1. The number of nitrogens with one attached hydrogen (secondary N) is 1. The Labute approximate surface area is 134 Å². The normalized spacial score (nSPS) is 10.9. The molecule has 3 aromatic rings. The van der Waals surface area contributed by atoms with Gasteiger partial charge in [-0.3, -0.25) is 0 Å². The van der Waals surface area contributed by atoms with E-state index >= 15 is 0 Å². The van der Waals surface area contributed by atoms with Crippen LogP contribution in [0.4, 0.5) is 10.2 Å². The summed E-state index contributed by atoms with van der Waals surface area (Å²) in [6, 6.07) is 9.92. The van der Waals surface area contributed by atoms with Crippen LogP contribution in [0, 0.1) is 5.82 Å². The van der Waals surface area contributed by atoms with Gasteiger partial charge in [-0.1, -0.05) is 27.5 Å². The van der Waals surface area contributed by atoms with Crippen molar-refractivity contribution in [2.75, 3.05) is 12.4 Å². The van der Waals surface area contributed by atoms with Crippen LogP contribution < -0.4 is 5.32 Å². The molecule has 1 aromatic heterocycles. The highest BCUT2D eigenvalue weighted by atomic mass is 79.9. The Hall–Kier alpha value is -1.72. The average Bonchev–Trinajstić information content (AvgIpc) is 2.46. The Morgan fingerprint density at radius 2 is 1.95 bits per heavy atom. The highest BCUT2D eigenvalue weighted by molar-refractivity contribution is 9.10. The standard InChI is InChI=1S/C15H10BrClFN3/c1-19-14-11-7-9(18)3-5-13(11)20-15(21-14)10-4-2-8(16)6-12(10)17/h2-7H,1H3,(H,19,20,21). The van der Waals surface area contributed by atoms with Gasteiger partial charge in [0.2, 0.25) is 0 Å². The number of rotatable bonds is 2. The lowest BCUT2D eigenvalue weighted by molar-refractivity contribution is 0.629. The Morgan fingerprint density at radius 1 is 1.14 bits per heavy atom. The molecule has 0 bridgehead atoms. The van der Waals surface area contributed by atoms with Gasteiger partial charge in [0, 0.05) is 22.5 Å². The van der Waals surface area contributed by atoms with E-state index in [1.165, 1.54) is 12.1 Å². The molecule has 1 heterocycles. The first-order valence-electron chi connectivity index (χ1n) is 6.19. The van der Waals surface area contributed by atoms with E-state index in [2.05, 4.69) is 31.2 Å². The molecule has 0 saturated carbocycles. The molecule has 0 aliphatic rings. The summed E-state index contributed by atoms with van der Waals surface area (Å²) in [6.45, 7) is 0. The van der Waals surface area contributed by atoms with Gasteiger partial charge in [-0.2, -0.15) is 0 Å². The lowest BCUT2D eigenvalue weighted by Gasteiger charge is -2.09. The molecule has 0 atom stereocenters. The number of hydrogen-bond acceptors (Lipinski definition) is 3. The highest BCUT2D eigenvalue weighted by Gasteiger charge is 2.12. The molecule has 2 aromatic carbocycles.